The fraction of sp³-hybridized carbons (Fsp3) is 0.611. The molecule has 0 aromatic carbocycles. The van der Waals surface area contributed by atoms with Gasteiger partial charge in [0, 0.05) is 16.9 Å². The minimum Gasteiger partial charge on any atom is -0.450 e. The summed E-state index contributed by atoms with van der Waals surface area (Å²) in [6, 6.07) is 1.83. The molecule has 0 fully saturated rings. The number of aryl methyl sites for hydroxylation is 2. The van der Waals surface area contributed by atoms with Crippen LogP contribution >= 0.6 is 0 Å². The van der Waals surface area contributed by atoms with Gasteiger partial charge in [-0.15, -0.1) is 5.10 Å². The van der Waals surface area contributed by atoms with Crippen LogP contribution in [0.5, 0.6) is 0 Å². The summed E-state index contributed by atoms with van der Waals surface area (Å²) in [5, 5.41) is 6.98. The summed E-state index contributed by atoms with van der Waals surface area (Å²) < 4.78 is 6.52. The van der Waals surface area contributed by atoms with Gasteiger partial charge in [0.1, 0.15) is 0 Å². The lowest BCUT2D eigenvalue weighted by molar-refractivity contribution is -0.126. The quantitative estimate of drug-likeness (QED) is 0.820. The average molecular weight is 361 g/mol. The van der Waals surface area contributed by atoms with Crippen molar-refractivity contribution < 1.29 is 14.3 Å². The van der Waals surface area contributed by atoms with E-state index in [2.05, 4.69) is 41.2 Å². The Balaban J connectivity index is 1.98. The van der Waals surface area contributed by atoms with E-state index in [0.29, 0.717) is 5.78 Å². The van der Waals surface area contributed by atoms with Crippen LogP contribution < -0.4 is 5.32 Å². The van der Waals surface area contributed by atoms with Gasteiger partial charge in [-0.2, -0.15) is 4.98 Å². The average Bonchev–Trinajstić information content (AvgIpc) is 2.85. The molecule has 0 unspecified atom stereocenters. The van der Waals surface area contributed by atoms with Gasteiger partial charge < -0.3 is 10.1 Å². The number of hydrogen-bond acceptors (Lipinski definition) is 6. The van der Waals surface area contributed by atoms with Crippen molar-refractivity contribution in [1.29, 1.82) is 0 Å². The van der Waals surface area contributed by atoms with Crippen molar-refractivity contribution in [1.82, 2.24) is 24.9 Å². The Hall–Kier alpha value is -2.51. The van der Waals surface area contributed by atoms with Crippen molar-refractivity contribution in [3.63, 3.8) is 0 Å². The Morgan fingerprint density at radius 2 is 1.81 bits per heavy atom. The summed E-state index contributed by atoms with van der Waals surface area (Å²) in [5.41, 5.74) is 1.25. The molecule has 2 rings (SSSR count). The Kier molecular flexibility index (Phi) is 5.34. The predicted molar refractivity (Wildman–Crippen MR) is 96.8 cm³/mol. The highest BCUT2D eigenvalue weighted by molar-refractivity contribution is 5.88. The van der Waals surface area contributed by atoms with Crippen LogP contribution in [0.1, 0.15) is 63.0 Å². The minimum atomic E-state index is -0.753. The van der Waals surface area contributed by atoms with E-state index in [1.165, 1.54) is 4.52 Å². The van der Waals surface area contributed by atoms with Crippen molar-refractivity contribution in [2.75, 3.05) is 6.61 Å². The fourth-order valence-electron chi connectivity index (χ4n) is 3.23. The highest BCUT2D eigenvalue weighted by Gasteiger charge is 2.27. The van der Waals surface area contributed by atoms with Gasteiger partial charge in [0.25, 0.3) is 17.5 Å². The van der Waals surface area contributed by atoms with Crippen LogP contribution in [0.25, 0.3) is 5.78 Å². The molecule has 0 aliphatic rings. The number of aromatic nitrogens is 4. The van der Waals surface area contributed by atoms with Crippen molar-refractivity contribution in [3.8, 4) is 0 Å². The van der Waals surface area contributed by atoms with E-state index in [-0.39, 0.29) is 23.8 Å². The maximum atomic E-state index is 12.1. The molecule has 2 aromatic heterocycles. The van der Waals surface area contributed by atoms with Crippen molar-refractivity contribution in [2.24, 2.45) is 5.41 Å². The van der Waals surface area contributed by atoms with Crippen LogP contribution in [0, 0.1) is 19.3 Å². The second-order valence-electron chi connectivity index (χ2n) is 8.43. The molecule has 0 saturated carbocycles. The van der Waals surface area contributed by atoms with E-state index in [1.54, 1.807) is 0 Å². The third-order valence-electron chi connectivity index (χ3n) is 3.59. The minimum absolute atomic E-state index is 0.0664. The predicted octanol–water partition coefficient (Wildman–Crippen LogP) is 2.23. The SMILES string of the molecule is Cc1cc(C)n2nc(C(=O)OCC(=O)NC(C)(C)CC(C)(C)C)nc2n1. The molecule has 0 atom stereocenters. The zero-order valence-corrected chi connectivity index (χ0v) is 16.5. The van der Waals surface area contributed by atoms with Gasteiger partial charge in [-0.3, -0.25) is 4.79 Å². The molecule has 2 heterocycles. The van der Waals surface area contributed by atoms with E-state index in [9.17, 15) is 9.59 Å². The van der Waals surface area contributed by atoms with Gasteiger partial charge >= 0.3 is 5.97 Å². The van der Waals surface area contributed by atoms with Crippen molar-refractivity contribution in [3.05, 3.63) is 23.3 Å². The van der Waals surface area contributed by atoms with Crippen molar-refractivity contribution >= 4 is 17.7 Å². The number of nitrogens with zero attached hydrogens (tertiary/aromatic N) is 4. The first kappa shape index (κ1) is 19.8. The molecule has 2 aromatic rings. The van der Waals surface area contributed by atoms with Crippen molar-refractivity contribution in [2.45, 2.75) is 60.4 Å². The van der Waals surface area contributed by atoms with Gasteiger partial charge in [0.05, 0.1) is 0 Å². The summed E-state index contributed by atoms with van der Waals surface area (Å²) in [6.45, 7) is 13.5. The van der Waals surface area contributed by atoms with E-state index in [0.717, 1.165) is 17.8 Å². The number of carbonyl (C=O) groups excluding carboxylic acids is 2. The molecule has 0 aliphatic carbocycles. The van der Waals surface area contributed by atoms with Gasteiger partial charge in [0.15, 0.2) is 6.61 Å². The molecule has 0 spiro atoms. The number of nitrogens with one attached hydrogen (secondary N) is 1. The van der Waals surface area contributed by atoms with Crippen LogP contribution in [-0.2, 0) is 9.53 Å². The van der Waals surface area contributed by atoms with E-state index < -0.39 is 11.5 Å². The third-order valence-corrected chi connectivity index (χ3v) is 3.59. The first-order valence-corrected chi connectivity index (χ1v) is 8.55. The zero-order chi connectivity index (χ0) is 19.7. The zero-order valence-electron chi connectivity index (χ0n) is 16.5. The number of rotatable bonds is 5. The molecule has 0 radical (unpaired) electrons. The van der Waals surface area contributed by atoms with E-state index >= 15 is 0 Å². The van der Waals surface area contributed by atoms with Crippen LogP contribution in [0.3, 0.4) is 0 Å². The normalized spacial score (nSPS) is 12.3. The highest BCUT2D eigenvalue weighted by atomic mass is 16.5. The number of hydrogen-bond donors (Lipinski definition) is 1. The molecule has 0 saturated heterocycles. The standard InChI is InChI=1S/C18H27N5O3/c1-11-8-12(2)23-16(19-11)20-14(22-23)15(25)26-9-13(24)21-18(6,7)10-17(3,4)5/h8H,9-10H2,1-7H3,(H,21,24). The fourth-order valence-corrected chi connectivity index (χ4v) is 3.23. The topological polar surface area (TPSA) is 98.5 Å². The molecule has 26 heavy (non-hydrogen) atoms. The Morgan fingerprint density at radius 1 is 1.15 bits per heavy atom. The summed E-state index contributed by atoms with van der Waals surface area (Å²) in [4.78, 5) is 32.5. The summed E-state index contributed by atoms with van der Waals surface area (Å²) in [7, 11) is 0. The molecule has 1 N–H and O–H groups in total. The van der Waals surface area contributed by atoms with Gasteiger partial charge in [0.2, 0.25) is 0 Å². The second kappa shape index (κ2) is 7.01. The Bertz CT molecular complexity index is 833. The second-order valence-corrected chi connectivity index (χ2v) is 8.43. The summed E-state index contributed by atoms with van der Waals surface area (Å²) in [6.07, 6.45) is 0.790. The summed E-state index contributed by atoms with van der Waals surface area (Å²) in [5.74, 6) is -0.906. The molecule has 0 aliphatic heterocycles. The number of carbonyl (C=O) groups is 2. The molecular weight excluding hydrogens is 334 g/mol. The first-order chi connectivity index (χ1) is 11.9. The Labute approximate surface area is 153 Å². The van der Waals surface area contributed by atoms with Crippen LogP contribution in [0.15, 0.2) is 6.07 Å². The number of ether oxygens (including phenoxy) is 1. The van der Waals surface area contributed by atoms with Gasteiger partial charge in [-0.25, -0.2) is 14.3 Å². The number of esters is 1. The smallest absolute Gasteiger partial charge is 0.378 e. The van der Waals surface area contributed by atoms with Gasteiger partial charge in [-0.05, 0) is 45.6 Å². The summed E-state index contributed by atoms with van der Waals surface area (Å²) >= 11 is 0. The van der Waals surface area contributed by atoms with E-state index in [1.807, 2.05) is 33.8 Å². The maximum Gasteiger partial charge on any atom is 0.378 e. The molecule has 8 heteroatoms. The molecule has 1 amide bonds. The molecular formula is C18H27N5O3. The molecule has 8 nitrogen and oxygen atoms in total. The maximum absolute atomic E-state index is 12.1. The van der Waals surface area contributed by atoms with Crippen LogP contribution in [0.4, 0.5) is 0 Å². The lowest BCUT2D eigenvalue weighted by atomic mass is 9.82. The van der Waals surface area contributed by atoms with E-state index in [4.69, 9.17) is 4.74 Å². The van der Waals surface area contributed by atoms with Crippen LogP contribution in [-0.4, -0.2) is 43.6 Å². The van der Waals surface area contributed by atoms with Gasteiger partial charge in [-0.1, -0.05) is 20.8 Å². The highest BCUT2D eigenvalue weighted by Crippen LogP contribution is 2.26. The third kappa shape index (κ3) is 5.24. The molecule has 142 valence electrons. The largest absolute Gasteiger partial charge is 0.450 e. The Morgan fingerprint density at radius 3 is 2.42 bits per heavy atom. The lowest BCUT2D eigenvalue weighted by Crippen LogP contribution is -2.47. The lowest BCUT2D eigenvalue weighted by Gasteiger charge is -2.33. The monoisotopic (exact) mass is 361 g/mol. The number of amides is 1. The number of fused-ring (bicyclic) bond motifs is 1. The van der Waals surface area contributed by atoms with Crippen LogP contribution in [0.2, 0.25) is 0 Å². The first-order valence-electron chi connectivity index (χ1n) is 8.55. The molecule has 0 bridgehead atoms.